The van der Waals surface area contributed by atoms with Gasteiger partial charge in [0.25, 0.3) is 0 Å². The zero-order valence-corrected chi connectivity index (χ0v) is 9.77. The number of imidazole rings is 1. The Balaban J connectivity index is 2.25. The lowest BCUT2D eigenvalue weighted by Gasteiger charge is -2.02. The summed E-state index contributed by atoms with van der Waals surface area (Å²) >= 11 is 5.21. The van der Waals surface area contributed by atoms with Crippen molar-refractivity contribution in [3.63, 3.8) is 0 Å². The van der Waals surface area contributed by atoms with Gasteiger partial charge in [-0.2, -0.15) is 0 Å². The van der Waals surface area contributed by atoms with E-state index in [1.165, 1.54) is 11.1 Å². The second-order valence-electron chi connectivity index (χ2n) is 3.86. The molecule has 0 aliphatic heterocycles. The van der Waals surface area contributed by atoms with Gasteiger partial charge in [0.1, 0.15) is 0 Å². The molecule has 1 aromatic heterocycles. The summed E-state index contributed by atoms with van der Waals surface area (Å²) in [7, 11) is 0. The van der Waals surface area contributed by atoms with Crippen LogP contribution in [0.15, 0.2) is 30.5 Å². The first-order valence-corrected chi connectivity index (χ1v) is 5.37. The van der Waals surface area contributed by atoms with Gasteiger partial charge < -0.3 is 9.55 Å². The molecule has 2 aromatic rings. The Hall–Kier alpha value is -1.35. The van der Waals surface area contributed by atoms with E-state index in [4.69, 9.17) is 12.2 Å². The van der Waals surface area contributed by atoms with Crippen LogP contribution in [0.25, 0.3) is 0 Å². The molecule has 0 aliphatic carbocycles. The molecule has 2 nitrogen and oxygen atoms in total. The van der Waals surface area contributed by atoms with Crippen LogP contribution in [0.1, 0.15) is 16.8 Å². The quantitative estimate of drug-likeness (QED) is 0.768. The number of rotatable bonds is 2. The van der Waals surface area contributed by atoms with E-state index in [1.54, 1.807) is 0 Å². The Kier molecular flexibility index (Phi) is 2.73. The highest BCUT2D eigenvalue weighted by atomic mass is 32.1. The van der Waals surface area contributed by atoms with Gasteiger partial charge in [0, 0.05) is 18.4 Å². The van der Waals surface area contributed by atoms with Crippen molar-refractivity contribution in [2.24, 2.45) is 0 Å². The number of aromatic nitrogens is 2. The monoisotopic (exact) mass is 218 g/mol. The van der Waals surface area contributed by atoms with Gasteiger partial charge in [0.15, 0.2) is 4.77 Å². The van der Waals surface area contributed by atoms with Crippen molar-refractivity contribution in [1.82, 2.24) is 9.55 Å². The molecule has 1 N–H and O–H groups in total. The van der Waals surface area contributed by atoms with Gasteiger partial charge in [-0.3, -0.25) is 0 Å². The SMILES string of the molecule is Cc1ccc(Cn2cc(C)[nH]c2=S)cc1. The summed E-state index contributed by atoms with van der Waals surface area (Å²) in [6.45, 7) is 4.95. The van der Waals surface area contributed by atoms with Gasteiger partial charge >= 0.3 is 0 Å². The molecule has 0 saturated heterocycles. The van der Waals surface area contributed by atoms with E-state index >= 15 is 0 Å². The zero-order valence-electron chi connectivity index (χ0n) is 8.95. The number of benzene rings is 1. The summed E-state index contributed by atoms with van der Waals surface area (Å²) in [4.78, 5) is 3.12. The summed E-state index contributed by atoms with van der Waals surface area (Å²) in [6.07, 6.45) is 2.04. The fourth-order valence-corrected chi connectivity index (χ4v) is 1.85. The van der Waals surface area contributed by atoms with Crippen LogP contribution in [0, 0.1) is 18.6 Å². The van der Waals surface area contributed by atoms with Crippen LogP contribution in [0.5, 0.6) is 0 Å². The van der Waals surface area contributed by atoms with E-state index in [-0.39, 0.29) is 0 Å². The van der Waals surface area contributed by atoms with Crippen molar-refractivity contribution in [2.45, 2.75) is 20.4 Å². The van der Waals surface area contributed by atoms with Gasteiger partial charge in [-0.05, 0) is 31.6 Å². The van der Waals surface area contributed by atoms with Crippen LogP contribution in [0.4, 0.5) is 0 Å². The zero-order chi connectivity index (χ0) is 10.8. The molecule has 0 saturated carbocycles. The van der Waals surface area contributed by atoms with E-state index in [1.807, 2.05) is 13.1 Å². The Morgan fingerprint density at radius 1 is 1.20 bits per heavy atom. The Morgan fingerprint density at radius 3 is 2.40 bits per heavy atom. The van der Waals surface area contributed by atoms with Crippen LogP contribution in [-0.4, -0.2) is 9.55 Å². The van der Waals surface area contributed by atoms with Crippen molar-refractivity contribution < 1.29 is 0 Å². The van der Waals surface area contributed by atoms with E-state index < -0.39 is 0 Å². The van der Waals surface area contributed by atoms with Crippen molar-refractivity contribution >= 4 is 12.2 Å². The number of H-pyrrole nitrogens is 1. The summed E-state index contributed by atoms with van der Waals surface area (Å²) < 4.78 is 2.84. The molecule has 3 heteroatoms. The number of hydrogen-bond acceptors (Lipinski definition) is 1. The average molecular weight is 218 g/mol. The second kappa shape index (κ2) is 4.03. The molecule has 0 fully saturated rings. The predicted molar refractivity (Wildman–Crippen MR) is 64.6 cm³/mol. The minimum atomic E-state index is 0.785. The molecular formula is C12H14N2S. The molecular weight excluding hydrogens is 204 g/mol. The van der Waals surface area contributed by atoms with Gasteiger partial charge in [-0.1, -0.05) is 29.8 Å². The first-order chi connectivity index (χ1) is 7.15. The van der Waals surface area contributed by atoms with Gasteiger partial charge in [0.05, 0.1) is 0 Å². The summed E-state index contributed by atoms with van der Waals surface area (Å²) in [6, 6.07) is 8.52. The van der Waals surface area contributed by atoms with Crippen LogP contribution in [0.2, 0.25) is 0 Å². The maximum absolute atomic E-state index is 5.21. The normalized spacial score (nSPS) is 10.5. The van der Waals surface area contributed by atoms with Crippen LogP contribution in [-0.2, 0) is 6.54 Å². The van der Waals surface area contributed by atoms with Crippen LogP contribution >= 0.6 is 12.2 Å². The highest BCUT2D eigenvalue weighted by Crippen LogP contribution is 2.07. The molecule has 15 heavy (non-hydrogen) atoms. The molecule has 2 rings (SSSR count). The fraction of sp³-hybridized carbons (Fsp3) is 0.250. The van der Waals surface area contributed by atoms with Crippen molar-refractivity contribution in [3.05, 3.63) is 52.1 Å². The molecule has 0 atom stereocenters. The molecule has 0 amide bonds. The lowest BCUT2D eigenvalue weighted by molar-refractivity contribution is 0.783. The third-order valence-electron chi connectivity index (χ3n) is 2.39. The second-order valence-corrected chi connectivity index (χ2v) is 4.24. The molecule has 0 spiro atoms. The fourth-order valence-electron chi connectivity index (χ4n) is 1.57. The molecule has 1 heterocycles. The highest BCUT2D eigenvalue weighted by Gasteiger charge is 1.98. The highest BCUT2D eigenvalue weighted by molar-refractivity contribution is 7.71. The van der Waals surface area contributed by atoms with Crippen LogP contribution < -0.4 is 0 Å². The topological polar surface area (TPSA) is 20.7 Å². The standard InChI is InChI=1S/C12H14N2S/c1-9-3-5-11(6-4-9)8-14-7-10(2)13-12(14)15/h3-7H,8H2,1-2H3,(H,13,15). The van der Waals surface area contributed by atoms with E-state index in [2.05, 4.69) is 40.7 Å². The minimum absolute atomic E-state index is 0.785. The lowest BCUT2D eigenvalue weighted by atomic mass is 10.1. The molecule has 0 aliphatic rings. The van der Waals surface area contributed by atoms with Gasteiger partial charge in [-0.15, -0.1) is 0 Å². The number of nitrogens with zero attached hydrogens (tertiary/aromatic N) is 1. The van der Waals surface area contributed by atoms with Crippen molar-refractivity contribution in [1.29, 1.82) is 0 Å². The lowest BCUT2D eigenvalue weighted by Crippen LogP contribution is -1.97. The van der Waals surface area contributed by atoms with Crippen LogP contribution in [0.3, 0.4) is 0 Å². The molecule has 1 aromatic carbocycles. The van der Waals surface area contributed by atoms with Gasteiger partial charge in [-0.25, -0.2) is 0 Å². The number of hydrogen-bond donors (Lipinski definition) is 1. The predicted octanol–water partition coefficient (Wildman–Crippen LogP) is 3.21. The number of nitrogens with one attached hydrogen (secondary N) is 1. The smallest absolute Gasteiger partial charge is 0.177 e. The van der Waals surface area contributed by atoms with Crippen molar-refractivity contribution in [2.75, 3.05) is 0 Å². The average Bonchev–Trinajstić information content (AvgIpc) is 2.49. The Bertz CT molecular complexity index is 505. The summed E-state index contributed by atoms with van der Waals surface area (Å²) in [5, 5.41) is 0. The summed E-state index contributed by atoms with van der Waals surface area (Å²) in [5.41, 5.74) is 3.66. The number of aryl methyl sites for hydroxylation is 2. The summed E-state index contributed by atoms with van der Waals surface area (Å²) in [5.74, 6) is 0. The Morgan fingerprint density at radius 2 is 1.87 bits per heavy atom. The molecule has 0 unspecified atom stereocenters. The minimum Gasteiger partial charge on any atom is -0.335 e. The largest absolute Gasteiger partial charge is 0.335 e. The first-order valence-electron chi connectivity index (χ1n) is 4.97. The van der Waals surface area contributed by atoms with Crippen molar-refractivity contribution in [3.8, 4) is 0 Å². The third-order valence-corrected chi connectivity index (χ3v) is 2.72. The molecule has 0 radical (unpaired) electrons. The molecule has 78 valence electrons. The first kappa shape index (κ1) is 10.2. The van der Waals surface area contributed by atoms with Gasteiger partial charge in [0.2, 0.25) is 0 Å². The number of aromatic amines is 1. The third kappa shape index (κ3) is 2.36. The maximum atomic E-state index is 5.21. The Labute approximate surface area is 94.6 Å². The maximum Gasteiger partial charge on any atom is 0.177 e. The van der Waals surface area contributed by atoms with E-state index in [9.17, 15) is 0 Å². The van der Waals surface area contributed by atoms with E-state index in [0.29, 0.717) is 0 Å². The molecule has 0 bridgehead atoms. The van der Waals surface area contributed by atoms with E-state index in [0.717, 1.165) is 17.0 Å².